The number of ether oxygens (including phenoxy) is 4. The summed E-state index contributed by atoms with van der Waals surface area (Å²) in [5.74, 6) is 0. The largest absolute Gasteiger partial charge is 0.396 e. The van der Waals surface area contributed by atoms with Crippen LogP contribution in [-0.4, -0.2) is 631 Å². The van der Waals surface area contributed by atoms with Gasteiger partial charge < -0.3 is 274 Å². The molecule has 0 aromatic carbocycles. The molecule has 50 N–H and O–H groups in total. The topological polar surface area (TPSA) is 1050 Å². The molecule has 0 aromatic heterocycles. The molecule has 0 heterocycles. The van der Waals surface area contributed by atoms with Crippen LogP contribution in [0.1, 0.15) is 91.9 Å². The zero-order valence-corrected chi connectivity index (χ0v) is 76.8. The molecule has 0 aromatic rings. The number of hydrogen-bond acceptors (Lipinski definition) is 54. The molecule has 54 nitrogen and oxygen atoms in total. The van der Waals surface area contributed by atoms with Gasteiger partial charge in [-0.1, -0.05) is 85.5 Å². The molecule has 0 saturated carbocycles. The van der Waals surface area contributed by atoms with Gasteiger partial charge in [-0.15, -0.1) is 0 Å². The second-order valence-corrected chi connectivity index (χ2v) is 28.5. The van der Waals surface area contributed by atoms with Crippen LogP contribution in [0.15, 0.2) is 0 Å². The molecule has 0 saturated heterocycles. The molecule has 0 fully saturated rings. The summed E-state index contributed by atoms with van der Waals surface area (Å²) in [7, 11) is 0. The van der Waals surface area contributed by atoms with E-state index in [0.717, 1.165) is 0 Å². The zero-order valence-electron chi connectivity index (χ0n) is 76.8. The zero-order chi connectivity index (χ0) is 106. The van der Waals surface area contributed by atoms with E-state index in [2.05, 4.69) is 18.6 Å². The number of hydrogen-bond donors (Lipinski definition) is 50. The maximum absolute atomic E-state index is 9.03. The van der Waals surface area contributed by atoms with Gasteiger partial charge in [-0.05, 0) is 6.42 Å². The molecule has 0 bridgehead atoms. The fourth-order valence-electron chi connectivity index (χ4n) is 5.75. The van der Waals surface area contributed by atoms with E-state index in [9.17, 15) is 0 Å². The van der Waals surface area contributed by atoms with Crippen LogP contribution < -0.4 is 0 Å². The lowest BCUT2D eigenvalue weighted by Gasteiger charge is -2.31. The molecule has 0 aliphatic carbocycles. The van der Waals surface area contributed by atoms with Gasteiger partial charge in [0.2, 0.25) is 0 Å². The predicted molar refractivity (Wildman–Crippen MR) is 463 cm³/mol. The van der Waals surface area contributed by atoms with Crippen LogP contribution in [0.3, 0.4) is 0 Å². The quantitative estimate of drug-likeness (QED) is 0.0251. The number of aliphatic hydroxyl groups is 50. The highest BCUT2D eigenvalue weighted by Gasteiger charge is 2.34. The third-order valence-electron chi connectivity index (χ3n) is 16.1. The molecule has 8 atom stereocenters. The molecule has 54 heteroatoms. The Morgan fingerprint density at radius 3 is 0.435 bits per heavy atom. The standard InChI is InChI=1S/C11H24.C10H22O7.2C6H14O6.C6H14O4.C6H14O3.C5H12O4.C5H12O3.C4H10O3.6C3H8O3/c1-3-5-7-9-11-10-8-6-4-2;11-1-9(2-12,3-13)7-17-8-10(4-14,5-15)6-16;2*7-1-3(9)5(11)6(12)4(10)2-8;7-1-3-9-5-6-10-4-2-8;1-2-6(3-7,4-8)5-9;6-1-5(2-7,3-8)4-9;1-5(2-6,3-7)4-8;5-1-3-7-4-2-6;6*4-1-3(6)2-5/h3-11H2,1-2H3;11-16H,1-8H2;2*3-12H,1-2H2;7-8H,1-6H2;7-9H,2-5H2,1H3;6-9H,1-4H2;6-8H,2-4H2,1H3;5-6H,1-4H2;6*3-6H,1-2H2/t;;3-,4+,5-,6-;3-,4-,5-,6-;;;;;;;;;;;/m..11.........../s1. The summed E-state index contributed by atoms with van der Waals surface area (Å²) in [6, 6.07) is 0. The van der Waals surface area contributed by atoms with E-state index in [4.69, 9.17) is 270 Å². The normalized spacial score (nSPS) is 12.9. The van der Waals surface area contributed by atoms with Crippen molar-refractivity contribution in [2.24, 2.45) is 27.1 Å². The van der Waals surface area contributed by atoms with E-state index in [1.165, 1.54) is 57.8 Å². The van der Waals surface area contributed by atoms with Crippen molar-refractivity contribution >= 4 is 0 Å². The third kappa shape index (κ3) is 116. The molecule has 816 valence electrons. The average molecular weight is 1970 g/mol. The molecular weight excluding hydrogens is 1790 g/mol. The Hall–Kier alpha value is -2.16. The van der Waals surface area contributed by atoms with Crippen molar-refractivity contribution in [2.45, 2.75) is 177 Å². The van der Waals surface area contributed by atoms with E-state index in [1.807, 2.05) is 6.92 Å². The first-order chi connectivity index (χ1) is 61.9. The summed E-state index contributed by atoms with van der Waals surface area (Å²) in [5, 5.41) is 421. The maximum atomic E-state index is 9.03. The van der Waals surface area contributed by atoms with Gasteiger partial charge in [0.15, 0.2) is 0 Å². The molecule has 0 aliphatic rings. The lowest BCUT2D eigenvalue weighted by molar-refractivity contribution is -0.123. The van der Waals surface area contributed by atoms with Gasteiger partial charge in [0.05, 0.1) is 307 Å². The molecule has 0 unspecified atom stereocenters. The van der Waals surface area contributed by atoms with Gasteiger partial charge in [0.25, 0.3) is 0 Å². The highest BCUT2D eigenvalue weighted by atomic mass is 16.5. The second-order valence-electron chi connectivity index (χ2n) is 28.5. The number of aliphatic hydroxyl groups excluding tert-OH is 50. The lowest BCUT2D eigenvalue weighted by atomic mass is 9.88. The molecule has 0 amide bonds. The molecule has 0 spiro atoms. The molecule has 0 radical (unpaired) electrons. The first kappa shape index (κ1) is 162. The van der Waals surface area contributed by atoms with E-state index in [0.29, 0.717) is 46.1 Å². The van der Waals surface area contributed by atoms with Gasteiger partial charge in [-0.2, -0.15) is 0 Å². The van der Waals surface area contributed by atoms with Gasteiger partial charge in [-0.3, -0.25) is 0 Å². The molecule has 131 heavy (non-hydrogen) atoms. The van der Waals surface area contributed by atoms with Crippen LogP contribution in [0.25, 0.3) is 0 Å². The van der Waals surface area contributed by atoms with Crippen molar-refractivity contribution in [2.75, 3.05) is 291 Å². The summed E-state index contributed by atoms with van der Waals surface area (Å²) in [6.45, 7) is -2.52. The van der Waals surface area contributed by atoms with Crippen LogP contribution in [-0.2, 0) is 18.9 Å². The Morgan fingerprint density at radius 2 is 0.344 bits per heavy atom. The summed E-state index contributed by atoms with van der Waals surface area (Å²) in [5.41, 5.74) is -4.81. The van der Waals surface area contributed by atoms with Gasteiger partial charge >= 0.3 is 0 Å². The second kappa shape index (κ2) is 126. The van der Waals surface area contributed by atoms with E-state index >= 15 is 0 Å². The summed E-state index contributed by atoms with van der Waals surface area (Å²) in [4.78, 5) is 0. The number of rotatable bonds is 62. The first-order valence-corrected chi connectivity index (χ1v) is 41.7. The monoisotopic (exact) mass is 1970 g/mol. The Kier molecular flexibility index (Phi) is 156. The fraction of sp³-hybridized carbons (Fsp3) is 1.00. The minimum atomic E-state index is -1.67. The minimum absolute atomic E-state index is 0.0278. The maximum Gasteiger partial charge on any atom is 0.111 e. The van der Waals surface area contributed by atoms with Crippen molar-refractivity contribution in [1.82, 2.24) is 0 Å². The van der Waals surface area contributed by atoms with Crippen molar-refractivity contribution < 1.29 is 274 Å². The average Bonchev–Trinajstić information content (AvgIpc) is 0.864. The Morgan fingerprint density at radius 1 is 0.183 bits per heavy atom. The Labute approximate surface area is 767 Å². The van der Waals surface area contributed by atoms with Gasteiger partial charge in [-0.25, -0.2) is 0 Å². The van der Waals surface area contributed by atoms with Crippen molar-refractivity contribution in [3.05, 3.63) is 0 Å². The van der Waals surface area contributed by atoms with Crippen LogP contribution in [0, 0.1) is 27.1 Å². The fourth-order valence-corrected chi connectivity index (χ4v) is 5.75. The van der Waals surface area contributed by atoms with Gasteiger partial charge in [0, 0.05) is 10.8 Å². The van der Waals surface area contributed by atoms with Crippen LogP contribution in [0.2, 0.25) is 0 Å². The van der Waals surface area contributed by atoms with Crippen LogP contribution >= 0.6 is 0 Å². The molecule has 0 rings (SSSR count). The van der Waals surface area contributed by atoms with Crippen molar-refractivity contribution in [3.63, 3.8) is 0 Å². The van der Waals surface area contributed by atoms with E-state index in [1.54, 1.807) is 6.92 Å². The molecule has 0 aliphatic heterocycles. The number of unbranched alkanes of at least 4 members (excludes halogenated alkanes) is 8. The highest BCUT2D eigenvalue weighted by Crippen LogP contribution is 2.21. The lowest BCUT2D eigenvalue weighted by Crippen LogP contribution is -2.46. The van der Waals surface area contributed by atoms with Crippen molar-refractivity contribution in [1.29, 1.82) is 0 Å². The molecular formula is C77H184O54. The van der Waals surface area contributed by atoms with E-state index < -0.39 is 205 Å². The summed E-state index contributed by atoms with van der Waals surface area (Å²) in [6.07, 6.45) is -4.96. The summed E-state index contributed by atoms with van der Waals surface area (Å²) >= 11 is 0. The van der Waals surface area contributed by atoms with Gasteiger partial charge in [0.1, 0.15) is 85.5 Å². The first-order valence-electron chi connectivity index (χ1n) is 41.7. The highest BCUT2D eigenvalue weighted by molar-refractivity contribution is 4.83. The smallest absolute Gasteiger partial charge is 0.111 e. The van der Waals surface area contributed by atoms with Crippen LogP contribution in [0.4, 0.5) is 0 Å². The Balaban J connectivity index is -0.0000000856. The predicted octanol–water partition coefficient (Wildman–Crippen LogP) is -21.4. The summed E-state index contributed by atoms with van der Waals surface area (Å²) < 4.78 is 19.5. The van der Waals surface area contributed by atoms with Crippen LogP contribution in [0.5, 0.6) is 0 Å². The Bertz CT molecular complexity index is 1650. The van der Waals surface area contributed by atoms with E-state index in [-0.39, 0.29) is 159 Å². The SMILES string of the molecule is CC(CO)(CO)CO.CCC(CO)(CO)CO.CCCCCCCCCCC.OCC(CO)(CO)CO.OCC(CO)(CO)COCC(CO)(CO)CO.OCC(O)CO.OCC(O)CO.OCC(O)CO.OCC(O)CO.OCC(O)CO.OCC(O)CO.OCCOCCO.OCCOCCOCCO.OC[C@@H](O)[C@@H](O)[C@H](O)[C@@H](O)CO.OC[C@@H](O)[C@@H](O)[C@H](O)[C@H](O)CO. The third-order valence-corrected chi connectivity index (χ3v) is 16.1. The van der Waals surface area contributed by atoms with Crippen molar-refractivity contribution in [3.8, 4) is 0 Å². The minimum Gasteiger partial charge on any atom is -0.396 e.